The third kappa shape index (κ3) is 2.24. The van der Waals surface area contributed by atoms with Crippen molar-refractivity contribution in [2.24, 2.45) is 7.05 Å². The Kier molecular flexibility index (Phi) is 3.91. The molecule has 74 valence electrons. The van der Waals surface area contributed by atoms with Gasteiger partial charge < -0.3 is 8.97 Å². The van der Waals surface area contributed by atoms with Gasteiger partial charge in [-0.1, -0.05) is 0 Å². The summed E-state index contributed by atoms with van der Waals surface area (Å²) in [6, 6.07) is 4.27. The van der Waals surface area contributed by atoms with E-state index in [-0.39, 0.29) is 40.0 Å². The van der Waals surface area contributed by atoms with Gasteiger partial charge in [0.05, 0.1) is 5.52 Å². The van der Waals surface area contributed by atoms with Crippen molar-refractivity contribution in [2.75, 3.05) is 0 Å². The van der Waals surface area contributed by atoms with Crippen LogP contribution in [-0.2, 0) is 18.1 Å². The number of rotatable bonds is 1. The summed E-state index contributed by atoms with van der Waals surface area (Å²) < 4.78 is 27.4. The van der Waals surface area contributed by atoms with E-state index in [9.17, 15) is 13.6 Å². The summed E-state index contributed by atoms with van der Waals surface area (Å²) in [7, 11) is 1.56. The average Bonchev–Trinajstić information content (AvgIpc) is 2.42. The molecule has 0 radical (unpaired) electrons. The molecule has 1 aromatic heterocycles. The minimum atomic E-state index is -2.30. The molecular weight excluding hydrogens is 229 g/mol. The number of oxazole rings is 1. The van der Waals surface area contributed by atoms with E-state index in [4.69, 9.17) is 4.42 Å². The predicted octanol–water partition coefficient (Wildman–Crippen LogP) is -2.63. The molecule has 0 N–H and O–H groups in total. The minimum absolute atomic E-state index is 0. The van der Waals surface area contributed by atoms with Gasteiger partial charge in [0.15, 0.2) is 5.58 Å². The van der Waals surface area contributed by atoms with Crippen LogP contribution in [0.3, 0.4) is 0 Å². The fourth-order valence-corrected chi connectivity index (χ4v) is 1.60. The number of benzene rings is 1. The second-order valence-electron chi connectivity index (χ2n) is 2.79. The van der Waals surface area contributed by atoms with Gasteiger partial charge in [-0.15, -0.1) is 0 Å². The molecule has 0 aliphatic carbocycles. The molecule has 1 heterocycles. The van der Waals surface area contributed by atoms with E-state index in [0.29, 0.717) is 5.52 Å². The van der Waals surface area contributed by atoms with Crippen molar-refractivity contribution in [3.8, 4) is 0 Å². The Bertz CT molecular complexity index is 574. The molecular formula is C8H6NNaO4S. The van der Waals surface area contributed by atoms with E-state index in [1.807, 2.05) is 0 Å². The fraction of sp³-hybridized carbons (Fsp3) is 0.125. The van der Waals surface area contributed by atoms with Crippen molar-refractivity contribution < 1.29 is 42.7 Å². The van der Waals surface area contributed by atoms with Crippen molar-refractivity contribution in [3.63, 3.8) is 0 Å². The Hall–Kier alpha value is -0.400. The van der Waals surface area contributed by atoms with Gasteiger partial charge in [-0.3, -0.25) is 8.78 Å². The Balaban J connectivity index is 0.00000112. The monoisotopic (exact) mass is 235 g/mol. The molecule has 1 atom stereocenters. The van der Waals surface area contributed by atoms with Crippen LogP contribution in [0, 0.1) is 0 Å². The minimum Gasteiger partial charge on any atom is -0.768 e. The molecule has 0 saturated carbocycles. The number of hydrogen-bond donors (Lipinski definition) is 0. The van der Waals surface area contributed by atoms with Crippen LogP contribution in [0.25, 0.3) is 11.1 Å². The Morgan fingerprint density at radius 2 is 2.13 bits per heavy atom. The van der Waals surface area contributed by atoms with Crippen LogP contribution in [0.15, 0.2) is 32.3 Å². The molecule has 0 aliphatic rings. The van der Waals surface area contributed by atoms with Gasteiger partial charge in [0.1, 0.15) is 0 Å². The maximum Gasteiger partial charge on any atom is 1.00 e. The van der Waals surface area contributed by atoms with E-state index < -0.39 is 16.8 Å². The molecule has 0 fully saturated rings. The molecule has 2 aromatic rings. The number of aromatic nitrogens is 1. The van der Waals surface area contributed by atoms with Gasteiger partial charge in [-0.05, 0) is 29.3 Å². The quantitative estimate of drug-likeness (QED) is 0.400. The third-order valence-corrected chi connectivity index (χ3v) is 2.60. The zero-order valence-corrected chi connectivity index (χ0v) is 11.0. The Morgan fingerprint density at radius 3 is 2.73 bits per heavy atom. The van der Waals surface area contributed by atoms with E-state index in [1.165, 1.54) is 22.8 Å². The summed E-state index contributed by atoms with van der Waals surface area (Å²) in [6.45, 7) is 0. The van der Waals surface area contributed by atoms with Gasteiger partial charge in [0.2, 0.25) is 0 Å². The summed E-state index contributed by atoms with van der Waals surface area (Å²) in [5.41, 5.74) is 0.850. The summed E-state index contributed by atoms with van der Waals surface area (Å²) in [5, 5.41) is 0. The SMILES string of the molecule is Cn1c(=O)oc2cc(S(=O)[O-])ccc21.[Na+]. The number of hydrogen-bond acceptors (Lipinski definition) is 4. The van der Waals surface area contributed by atoms with Crippen LogP contribution in [0.1, 0.15) is 0 Å². The predicted molar refractivity (Wildman–Crippen MR) is 48.6 cm³/mol. The maximum atomic E-state index is 11.1. The molecule has 0 bridgehead atoms. The van der Waals surface area contributed by atoms with Gasteiger partial charge >= 0.3 is 35.3 Å². The second-order valence-corrected chi connectivity index (χ2v) is 3.73. The van der Waals surface area contributed by atoms with Crippen molar-refractivity contribution in [3.05, 3.63) is 28.7 Å². The number of aryl methyl sites for hydroxylation is 1. The molecule has 5 nitrogen and oxygen atoms in total. The van der Waals surface area contributed by atoms with E-state index >= 15 is 0 Å². The first-order valence-corrected chi connectivity index (χ1v) is 4.86. The first-order chi connectivity index (χ1) is 6.59. The summed E-state index contributed by atoms with van der Waals surface area (Å²) in [6.07, 6.45) is 0. The topological polar surface area (TPSA) is 75.3 Å². The van der Waals surface area contributed by atoms with Crippen LogP contribution in [0.5, 0.6) is 0 Å². The normalized spacial score (nSPS) is 12.4. The van der Waals surface area contributed by atoms with Crippen molar-refractivity contribution >= 4 is 22.2 Å². The maximum absolute atomic E-state index is 11.1. The van der Waals surface area contributed by atoms with Gasteiger partial charge in [-0.2, -0.15) is 0 Å². The van der Waals surface area contributed by atoms with Gasteiger partial charge in [-0.25, -0.2) is 4.79 Å². The van der Waals surface area contributed by atoms with Crippen molar-refractivity contribution in [1.82, 2.24) is 4.57 Å². The largest absolute Gasteiger partial charge is 1.00 e. The fourth-order valence-electron chi connectivity index (χ4n) is 1.22. The number of fused-ring (bicyclic) bond motifs is 1. The molecule has 15 heavy (non-hydrogen) atoms. The second kappa shape index (κ2) is 4.63. The van der Waals surface area contributed by atoms with E-state index in [0.717, 1.165) is 0 Å². The summed E-state index contributed by atoms with van der Waals surface area (Å²) in [4.78, 5) is 11.2. The zero-order chi connectivity index (χ0) is 10.3. The molecule has 0 amide bonds. The van der Waals surface area contributed by atoms with E-state index in [2.05, 4.69) is 0 Å². The third-order valence-electron chi connectivity index (χ3n) is 1.96. The molecule has 0 aliphatic heterocycles. The van der Waals surface area contributed by atoms with Crippen LogP contribution in [0.4, 0.5) is 0 Å². The smallest absolute Gasteiger partial charge is 0.768 e. The molecule has 7 heteroatoms. The van der Waals surface area contributed by atoms with Crippen LogP contribution >= 0.6 is 0 Å². The Labute approximate surface area is 110 Å². The number of nitrogens with zero attached hydrogens (tertiary/aromatic N) is 1. The molecule has 1 aromatic carbocycles. The average molecular weight is 235 g/mol. The summed E-state index contributed by atoms with van der Waals surface area (Å²) >= 11 is -2.30. The molecule has 0 saturated heterocycles. The first-order valence-electron chi connectivity index (χ1n) is 3.78. The standard InChI is InChI=1S/C8H7NO4S.Na/c1-9-6-3-2-5(14(11)12)4-7(6)13-8(9)10;/h2-4H,1H3,(H,11,12);/q;+1/p-1. The molecule has 0 spiro atoms. The Morgan fingerprint density at radius 1 is 1.47 bits per heavy atom. The van der Waals surface area contributed by atoms with Crippen molar-refractivity contribution in [2.45, 2.75) is 4.90 Å². The molecule has 1 unspecified atom stereocenters. The van der Waals surface area contributed by atoms with Crippen LogP contribution in [-0.4, -0.2) is 13.3 Å². The van der Waals surface area contributed by atoms with Gasteiger partial charge in [0, 0.05) is 11.9 Å². The molecule has 2 rings (SSSR count). The van der Waals surface area contributed by atoms with Gasteiger partial charge in [0.25, 0.3) is 0 Å². The first kappa shape index (κ1) is 12.7. The van der Waals surface area contributed by atoms with Crippen molar-refractivity contribution in [1.29, 1.82) is 0 Å². The van der Waals surface area contributed by atoms with Crippen LogP contribution in [0.2, 0.25) is 0 Å². The zero-order valence-electron chi connectivity index (χ0n) is 8.22. The van der Waals surface area contributed by atoms with E-state index in [1.54, 1.807) is 7.05 Å². The summed E-state index contributed by atoms with van der Waals surface area (Å²) in [5.74, 6) is -0.506. The van der Waals surface area contributed by atoms with Crippen LogP contribution < -0.4 is 35.3 Å².